The first-order valence-electron chi connectivity index (χ1n) is 3.67. The van der Waals surface area contributed by atoms with Crippen molar-refractivity contribution in [3.05, 3.63) is 5.21 Å². The van der Waals surface area contributed by atoms with E-state index in [-0.39, 0.29) is 0 Å². The van der Waals surface area contributed by atoms with E-state index in [1.807, 2.05) is 0 Å². The van der Waals surface area contributed by atoms with E-state index in [9.17, 15) is 5.21 Å². The molecule has 0 fully saturated rings. The van der Waals surface area contributed by atoms with E-state index in [1.54, 1.807) is 0 Å². The van der Waals surface area contributed by atoms with Crippen LogP contribution >= 0.6 is 0 Å². The molecular weight excluding hydrogens is 128 g/mol. The minimum Gasteiger partial charge on any atom is -0.715 e. The summed E-state index contributed by atoms with van der Waals surface area (Å²) in [6.45, 7) is 4.83. The van der Waals surface area contributed by atoms with Crippen molar-refractivity contribution in [2.24, 2.45) is 17.6 Å². The Morgan fingerprint density at radius 3 is 2.50 bits per heavy atom. The molecular formula is C7H14N2O. The summed E-state index contributed by atoms with van der Waals surface area (Å²) in [5, 5.41) is 10.8. The third-order valence-corrected chi connectivity index (χ3v) is 2.13. The van der Waals surface area contributed by atoms with Gasteiger partial charge in [0, 0.05) is 5.92 Å². The van der Waals surface area contributed by atoms with Gasteiger partial charge in [-0.25, -0.2) is 0 Å². The molecule has 0 aromatic heterocycles. The smallest absolute Gasteiger partial charge is 0.245 e. The van der Waals surface area contributed by atoms with Gasteiger partial charge in [0.2, 0.25) is 5.84 Å². The predicted molar refractivity (Wildman–Crippen MR) is 40.6 cm³/mol. The molecule has 0 spiro atoms. The second-order valence-corrected chi connectivity index (χ2v) is 3.26. The lowest BCUT2D eigenvalue weighted by Gasteiger charge is -2.11. The average molecular weight is 142 g/mol. The van der Waals surface area contributed by atoms with E-state index < -0.39 is 0 Å². The topological polar surface area (TPSA) is 52.1 Å². The molecule has 0 amide bonds. The van der Waals surface area contributed by atoms with Crippen molar-refractivity contribution >= 4 is 5.84 Å². The molecule has 3 heteroatoms. The van der Waals surface area contributed by atoms with Gasteiger partial charge < -0.3 is 5.21 Å². The first-order valence-corrected chi connectivity index (χ1v) is 3.67. The molecule has 1 aliphatic rings. The molecule has 0 aromatic carbocycles. The second-order valence-electron chi connectivity index (χ2n) is 3.26. The second kappa shape index (κ2) is 2.48. The summed E-state index contributed by atoms with van der Waals surface area (Å²) < 4.78 is 0.907. The van der Waals surface area contributed by atoms with Crippen LogP contribution in [0.25, 0.3) is 0 Å². The first kappa shape index (κ1) is 7.38. The van der Waals surface area contributed by atoms with Gasteiger partial charge in [0.15, 0.2) is 0 Å². The van der Waals surface area contributed by atoms with E-state index in [4.69, 9.17) is 5.73 Å². The fourth-order valence-corrected chi connectivity index (χ4v) is 1.21. The molecule has 0 saturated carbocycles. The maximum atomic E-state index is 10.8. The number of nitrogens with zero attached hydrogens (tertiary/aromatic N) is 1. The van der Waals surface area contributed by atoms with Crippen molar-refractivity contribution in [2.45, 2.75) is 20.3 Å². The van der Waals surface area contributed by atoms with Crippen LogP contribution in [0.4, 0.5) is 0 Å². The van der Waals surface area contributed by atoms with Crippen molar-refractivity contribution < 1.29 is 4.74 Å². The lowest BCUT2D eigenvalue weighted by molar-refractivity contribution is -0.456. The number of hydrogen-bond acceptors (Lipinski definition) is 2. The van der Waals surface area contributed by atoms with Crippen LogP contribution in [-0.2, 0) is 0 Å². The molecule has 1 aliphatic heterocycles. The van der Waals surface area contributed by atoms with Gasteiger partial charge >= 0.3 is 0 Å². The molecule has 0 aromatic rings. The molecule has 0 radical (unpaired) electrons. The van der Waals surface area contributed by atoms with Crippen LogP contribution in [0.3, 0.4) is 0 Å². The molecule has 58 valence electrons. The molecule has 3 nitrogen and oxygen atoms in total. The van der Waals surface area contributed by atoms with Gasteiger partial charge in [-0.15, -0.1) is 0 Å². The molecule has 0 saturated heterocycles. The monoisotopic (exact) mass is 142 g/mol. The third-order valence-electron chi connectivity index (χ3n) is 2.13. The molecule has 0 aliphatic carbocycles. The van der Waals surface area contributed by atoms with E-state index in [0.717, 1.165) is 11.2 Å². The minimum atomic E-state index is 0.470. The molecule has 10 heavy (non-hydrogen) atoms. The Hall–Kier alpha value is -0.730. The molecule has 0 bridgehead atoms. The van der Waals surface area contributed by atoms with Gasteiger partial charge in [-0.05, 0) is 5.92 Å². The number of rotatable bonds is 1. The zero-order valence-electron chi connectivity index (χ0n) is 6.50. The Labute approximate surface area is 61.1 Å². The maximum absolute atomic E-state index is 10.8. The van der Waals surface area contributed by atoms with E-state index in [1.165, 1.54) is 0 Å². The Morgan fingerprint density at radius 1 is 1.70 bits per heavy atom. The summed E-state index contributed by atoms with van der Waals surface area (Å²) in [6.07, 6.45) is 0.779. The highest BCUT2D eigenvalue weighted by molar-refractivity contribution is 5.76. The standard InChI is InChI=1S/C7H14N2O/c1-5(2)6-3-7(8)9(10)4-6/h5-6H,3-4,8H2,1-2H3. The van der Waals surface area contributed by atoms with Gasteiger partial charge in [-0.3, -0.25) is 10.5 Å². The molecule has 1 heterocycles. The molecule has 1 atom stereocenters. The highest BCUT2D eigenvalue weighted by Gasteiger charge is 2.25. The lowest BCUT2D eigenvalue weighted by atomic mass is 9.94. The summed E-state index contributed by atoms with van der Waals surface area (Å²) in [4.78, 5) is 0. The van der Waals surface area contributed by atoms with Crippen LogP contribution < -0.4 is 5.73 Å². The van der Waals surface area contributed by atoms with Gasteiger partial charge in [0.05, 0.1) is 13.0 Å². The number of nitrogens with two attached hydrogens (primary N) is 1. The fraction of sp³-hybridized carbons (Fsp3) is 0.857. The van der Waals surface area contributed by atoms with Crippen molar-refractivity contribution in [1.82, 2.24) is 0 Å². The SMILES string of the molecule is CC(C)C1CC(N)=[N+]([O-])C1. The zero-order chi connectivity index (χ0) is 7.72. The van der Waals surface area contributed by atoms with Crippen LogP contribution in [0.2, 0.25) is 0 Å². The molecule has 1 rings (SSSR count). The third kappa shape index (κ3) is 1.23. The number of hydroxylamine groups is 1. The first-order chi connectivity index (χ1) is 4.61. The van der Waals surface area contributed by atoms with Crippen molar-refractivity contribution in [3.8, 4) is 0 Å². The summed E-state index contributed by atoms with van der Waals surface area (Å²) in [5.41, 5.74) is 5.44. The van der Waals surface area contributed by atoms with E-state index in [2.05, 4.69) is 13.8 Å². The van der Waals surface area contributed by atoms with E-state index in [0.29, 0.717) is 24.2 Å². The van der Waals surface area contributed by atoms with Gasteiger partial charge in [-0.2, -0.15) is 0 Å². The largest absolute Gasteiger partial charge is 0.715 e. The predicted octanol–water partition coefficient (Wildman–Crippen LogP) is 0.530. The Morgan fingerprint density at radius 2 is 2.30 bits per heavy atom. The number of hydrogen-bond donors (Lipinski definition) is 1. The Balaban J connectivity index is 2.51. The lowest BCUT2D eigenvalue weighted by Crippen LogP contribution is -2.16. The average Bonchev–Trinajstić information content (AvgIpc) is 2.13. The summed E-state index contributed by atoms with van der Waals surface area (Å²) in [6, 6.07) is 0. The van der Waals surface area contributed by atoms with Crippen LogP contribution in [-0.4, -0.2) is 17.1 Å². The summed E-state index contributed by atoms with van der Waals surface area (Å²) in [7, 11) is 0. The van der Waals surface area contributed by atoms with Crippen LogP contribution in [0.1, 0.15) is 20.3 Å². The quantitative estimate of drug-likeness (QED) is 0.429. The van der Waals surface area contributed by atoms with Crippen molar-refractivity contribution in [2.75, 3.05) is 6.54 Å². The van der Waals surface area contributed by atoms with Crippen LogP contribution in [0.15, 0.2) is 0 Å². The Bertz CT molecular complexity index is 149. The molecule has 2 N–H and O–H groups in total. The van der Waals surface area contributed by atoms with Crippen LogP contribution in [0.5, 0.6) is 0 Å². The Kier molecular flexibility index (Phi) is 1.83. The van der Waals surface area contributed by atoms with Gasteiger partial charge in [0.25, 0.3) is 0 Å². The highest BCUT2D eigenvalue weighted by Crippen LogP contribution is 2.19. The van der Waals surface area contributed by atoms with Crippen LogP contribution in [0, 0.1) is 17.0 Å². The minimum absolute atomic E-state index is 0.470. The maximum Gasteiger partial charge on any atom is 0.245 e. The summed E-state index contributed by atoms with van der Waals surface area (Å²) >= 11 is 0. The van der Waals surface area contributed by atoms with Crippen molar-refractivity contribution in [1.29, 1.82) is 0 Å². The normalized spacial score (nSPS) is 26.5. The zero-order valence-corrected chi connectivity index (χ0v) is 6.50. The van der Waals surface area contributed by atoms with Crippen molar-refractivity contribution in [3.63, 3.8) is 0 Å². The van der Waals surface area contributed by atoms with Gasteiger partial charge in [0.1, 0.15) is 0 Å². The van der Waals surface area contributed by atoms with E-state index >= 15 is 0 Å². The fourth-order valence-electron chi connectivity index (χ4n) is 1.21. The summed E-state index contributed by atoms with van der Waals surface area (Å²) in [5.74, 6) is 1.54. The number of amidine groups is 1. The van der Waals surface area contributed by atoms with Gasteiger partial charge in [-0.1, -0.05) is 13.8 Å². The molecule has 1 unspecified atom stereocenters. The highest BCUT2D eigenvalue weighted by atomic mass is 16.5.